The molecule has 2 aromatic rings. The molecule has 1 N–H and O–H groups in total. The zero-order valence-corrected chi connectivity index (χ0v) is 17.3. The van der Waals surface area contributed by atoms with Crippen molar-refractivity contribution < 1.29 is 14.3 Å². The molecule has 0 spiro atoms. The van der Waals surface area contributed by atoms with Gasteiger partial charge in [-0.3, -0.25) is 9.69 Å². The number of methoxy groups -OCH3 is 2. The van der Waals surface area contributed by atoms with Crippen molar-refractivity contribution in [1.82, 2.24) is 4.90 Å². The van der Waals surface area contributed by atoms with E-state index in [1.807, 2.05) is 31.2 Å². The summed E-state index contributed by atoms with van der Waals surface area (Å²) < 4.78 is 10.8. The first-order chi connectivity index (χ1) is 13.5. The molecule has 1 fully saturated rings. The minimum Gasteiger partial charge on any atom is -0.495 e. The summed E-state index contributed by atoms with van der Waals surface area (Å²) >= 11 is 6.13. The molecule has 0 bridgehead atoms. The van der Waals surface area contributed by atoms with Crippen molar-refractivity contribution in [3.8, 4) is 11.5 Å². The Labute approximate surface area is 171 Å². The Hall–Kier alpha value is -2.44. The van der Waals surface area contributed by atoms with Crippen molar-refractivity contribution in [2.45, 2.75) is 6.92 Å². The monoisotopic (exact) mass is 403 g/mol. The first-order valence-electron chi connectivity index (χ1n) is 9.26. The first kappa shape index (κ1) is 20.3. The summed E-state index contributed by atoms with van der Waals surface area (Å²) in [6, 6.07) is 11.6. The van der Waals surface area contributed by atoms with Gasteiger partial charge in [-0.1, -0.05) is 23.7 Å². The van der Waals surface area contributed by atoms with Crippen LogP contribution in [0.25, 0.3) is 0 Å². The number of amides is 1. The van der Waals surface area contributed by atoms with Gasteiger partial charge in [0.25, 0.3) is 0 Å². The fourth-order valence-corrected chi connectivity index (χ4v) is 3.51. The van der Waals surface area contributed by atoms with Gasteiger partial charge in [0.15, 0.2) is 0 Å². The Morgan fingerprint density at radius 3 is 2.43 bits per heavy atom. The number of carbonyl (C=O) groups excluding carboxylic acids is 1. The number of aryl methyl sites for hydroxylation is 1. The number of rotatable bonds is 6. The van der Waals surface area contributed by atoms with Crippen LogP contribution < -0.4 is 19.7 Å². The third kappa shape index (κ3) is 4.69. The van der Waals surface area contributed by atoms with Crippen LogP contribution in [0.1, 0.15) is 5.56 Å². The molecular formula is C21H26ClN3O3. The molecule has 1 aliphatic heterocycles. The maximum absolute atomic E-state index is 12.5. The highest BCUT2D eigenvalue weighted by Crippen LogP contribution is 2.31. The van der Waals surface area contributed by atoms with E-state index in [2.05, 4.69) is 21.2 Å². The van der Waals surface area contributed by atoms with Gasteiger partial charge in [0, 0.05) is 37.3 Å². The van der Waals surface area contributed by atoms with Gasteiger partial charge in [-0.05, 0) is 30.7 Å². The predicted molar refractivity (Wildman–Crippen MR) is 113 cm³/mol. The second-order valence-electron chi connectivity index (χ2n) is 6.78. The van der Waals surface area contributed by atoms with E-state index in [9.17, 15) is 4.79 Å². The van der Waals surface area contributed by atoms with E-state index >= 15 is 0 Å². The second-order valence-corrected chi connectivity index (χ2v) is 7.19. The number of nitrogens with zero attached hydrogens (tertiary/aromatic N) is 2. The van der Waals surface area contributed by atoms with E-state index in [0.29, 0.717) is 23.0 Å². The molecule has 1 amide bonds. The van der Waals surface area contributed by atoms with Crippen molar-refractivity contribution in [1.29, 1.82) is 0 Å². The lowest BCUT2D eigenvalue weighted by Gasteiger charge is -2.36. The zero-order chi connectivity index (χ0) is 20.1. The standard InChI is InChI=1S/C21H26ClN3O3/c1-15-12-17(20(28-3)13-16(15)22)23-21(26)14-24-8-10-25(11-9-24)18-6-4-5-7-19(18)27-2/h4-7,12-13H,8-11,14H2,1-3H3,(H,23,26). The SMILES string of the molecule is COc1cc(Cl)c(C)cc1NC(=O)CN1CCN(c2ccccc2OC)CC1. The van der Waals surface area contributed by atoms with Crippen molar-refractivity contribution in [2.75, 3.05) is 57.2 Å². The van der Waals surface area contributed by atoms with Crippen LogP contribution >= 0.6 is 11.6 Å². The van der Waals surface area contributed by atoms with Gasteiger partial charge in [-0.2, -0.15) is 0 Å². The van der Waals surface area contributed by atoms with Crippen LogP contribution in [0.4, 0.5) is 11.4 Å². The molecule has 1 aliphatic rings. The topological polar surface area (TPSA) is 54.0 Å². The number of ether oxygens (including phenoxy) is 2. The van der Waals surface area contributed by atoms with Crippen LogP contribution in [-0.4, -0.2) is 57.8 Å². The second kappa shape index (κ2) is 9.17. The molecule has 0 unspecified atom stereocenters. The summed E-state index contributed by atoms with van der Waals surface area (Å²) in [5.41, 5.74) is 2.63. The highest BCUT2D eigenvalue weighted by atomic mass is 35.5. The average Bonchev–Trinajstić information content (AvgIpc) is 2.71. The average molecular weight is 404 g/mol. The van der Waals surface area contributed by atoms with Crippen molar-refractivity contribution in [2.24, 2.45) is 0 Å². The number of nitrogens with one attached hydrogen (secondary N) is 1. The van der Waals surface area contributed by atoms with Crippen LogP contribution in [-0.2, 0) is 4.79 Å². The molecule has 3 rings (SSSR count). The van der Waals surface area contributed by atoms with Gasteiger partial charge >= 0.3 is 0 Å². The van der Waals surface area contributed by atoms with Crippen LogP contribution in [0.15, 0.2) is 36.4 Å². The quantitative estimate of drug-likeness (QED) is 0.800. The smallest absolute Gasteiger partial charge is 0.238 e. The van der Waals surface area contributed by atoms with E-state index in [0.717, 1.165) is 43.2 Å². The summed E-state index contributed by atoms with van der Waals surface area (Å²) in [4.78, 5) is 17.0. The summed E-state index contributed by atoms with van der Waals surface area (Å²) in [7, 11) is 3.25. The Morgan fingerprint density at radius 1 is 1.07 bits per heavy atom. The summed E-state index contributed by atoms with van der Waals surface area (Å²) in [5, 5.41) is 3.55. The minimum atomic E-state index is -0.0641. The van der Waals surface area contributed by atoms with Crippen LogP contribution in [0.3, 0.4) is 0 Å². The maximum atomic E-state index is 12.5. The number of hydrogen-bond donors (Lipinski definition) is 1. The Kier molecular flexibility index (Phi) is 6.65. The van der Waals surface area contributed by atoms with Crippen molar-refractivity contribution in [3.05, 3.63) is 47.0 Å². The molecule has 2 aromatic carbocycles. The molecule has 28 heavy (non-hydrogen) atoms. The van der Waals surface area contributed by atoms with E-state index in [-0.39, 0.29) is 5.91 Å². The molecule has 0 atom stereocenters. The Balaban J connectivity index is 1.56. The van der Waals surface area contributed by atoms with Crippen LogP contribution in [0.5, 0.6) is 11.5 Å². The highest BCUT2D eigenvalue weighted by molar-refractivity contribution is 6.31. The lowest BCUT2D eigenvalue weighted by atomic mass is 10.2. The summed E-state index contributed by atoms with van der Waals surface area (Å²) in [5.74, 6) is 1.37. The van der Waals surface area contributed by atoms with Crippen molar-refractivity contribution >= 4 is 28.9 Å². The lowest BCUT2D eigenvalue weighted by Crippen LogP contribution is -2.48. The van der Waals surface area contributed by atoms with Gasteiger partial charge in [-0.15, -0.1) is 0 Å². The molecule has 0 aromatic heterocycles. The summed E-state index contributed by atoms with van der Waals surface area (Å²) in [6.07, 6.45) is 0. The minimum absolute atomic E-state index is 0.0641. The molecule has 1 heterocycles. The number of para-hydroxylation sites is 2. The molecule has 7 heteroatoms. The highest BCUT2D eigenvalue weighted by Gasteiger charge is 2.21. The van der Waals surface area contributed by atoms with E-state index in [1.165, 1.54) is 0 Å². The maximum Gasteiger partial charge on any atom is 0.238 e. The Bertz CT molecular complexity index is 836. The predicted octanol–water partition coefficient (Wildman–Crippen LogP) is 3.43. The number of carbonyl (C=O) groups is 1. The number of halogens is 1. The van der Waals surface area contributed by atoms with Gasteiger partial charge in [0.1, 0.15) is 11.5 Å². The fraction of sp³-hybridized carbons (Fsp3) is 0.381. The van der Waals surface area contributed by atoms with Gasteiger partial charge in [-0.25, -0.2) is 0 Å². The Morgan fingerprint density at radius 2 is 1.75 bits per heavy atom. The largest absolute Gasteiger partial charge is 0.495 e. The molecule has 1 saturated heterocycles. The normalized spacial score (nSPS) is 14.6. The zero-order valence-electron chi connectivity index (χ0n) is 16.5. The number of benzene rings is 2. The number of hydrogen-bond acceptors (Lipinski definition) is 5. The molecule has 0 aliphatic carbocycles. The molecule has 0 saturated carbocycles. The summed E-state index contributed by atoms with van der Waals surface area (Å²) in [6.45, 7) is 5.54. The van der Waals surface area contributed by atoms with E-state index in [1.54, 1.807) is 20.3 Å². The lowest BCUT2D eigenvalue weighted by molar-refractivity contribution is -0.117. The van der Waals surface area contributed by atoms with E-state index in [4.69, 9.17) is 21.1 Å². The molecular weight excluding hydrogens is 378 g/mol. The van der Waals surface area contributed by atoms with Gasteiger partial charge < -0.3 is 19.7 Å². The van der Waals surface area contributed by atoms with Gasteiger partial charge in [0.05, 0.1) is 32.1 Å². The number of piperazine rings is 1. The van der Waals surface area contributed by atoms with Crippen molar-refractivity contribution in [3.63, 3.8) is 0 Å². The van der Waals surface area contributed by atoms with Crippen LogP contribution in [0.2, 0.25) is 5.02 Å². The molecule has 0 radical (unpaired) electrons. The van der Waals surface area contributed by atoms with Gasteiger partial charge in [0.2, 0.25) is 5.91 Å². The molecule has 150 valence electrons. The third-order valence-corrected chi connectivity index (χ3v) is 5.33. The third-order valence-electron chi connectivity index (χ3n) is 4.92. The first-order valence-corrected chi connectivity index (χ1v) is 9.64. The van der Waals surface area contributed by atoms with E-state index < -0.39 is 0 Å². The van der Waals surface area contributed by atoms with Crippen LogP contribution in [0, 0.1) is 6.92 Å². The fourth-order valence-electron chi connectivity index (χ4n) is 3.36. The molecule has 6 nitrogen and oxygen atoms in total. The number of anilines is 2.